The van der Waals surface area contributed by atoms with Crippen LogP contribution < -0.4 is 10.2 Å². The summed E-state index contributed by atoms with van der Waals surface area (Å²) in [5.41, 5.74) is 3.77. The lowest BCUT2D eigenvalue weighted by Crippen LogP contribution is -2.21. The van der Waals surface area contributed by atoms with Gasteiger partial charge in [0.2, 0.25) is 0 Å². The highest BCUT2D eigenvalue weighted by molar-refractivity contribution is 7.18. The van der Waals surface area contributed by atoms with Gasteiger partial charge in [0, 0.05) is 24.7 Å². The van der Waals surface area contributed by atoms with Crippen molar-refractivity contribution >= 4 is 39.3 Å². The first-order valence-electron chi connectivity index (χ1n) is 9.81. The predicted octanol–water partition coefficient (Wildman–Crippen LogP) is 5.11. The van der Waals surface area contributed by atoms with Crippen LogP contribution in [-0.2, 0) is 4.84 Å². The number of aromatic nitrogens is 2. The van der Waals surface area contributed by atoms with E-state index in [0.717, 1.165) is 51.7 Å². The van der Waals surface area contributed by atoms with Crippen molar-refractivity contribution in [1.29, 1.82) is 0 Å². The maximum Gasteiger partial charge on any atom is 0.169 e. The molecule has 0 aliphatic carbocycles. The van der Waals surface area contributed by atoms with E-state index in [9.17, 15) is 5.21 Å². The molecule has 3 aromatic rings. The van der Waals surface area contributed by atoms with Gasteiger partial charge in [0.15, 0.2) is 5.82 Å². The third-order valence-corrected chi connectivity index (χ3v) is 6.28. The standard InChI is InChI=1S/C21H25N5O2S/c1-4-5-8-15(19-16-9-6-7-10-17(16)26(27)28-19)11-24-25(3)21-20-18(22-13-23-21)14(2)12-29-20/h6-7,9-13,15,19,27H,4-5,8H2,1-3H3/b24-11+. The zero-order valence-electron chi connectivity index (χ0n) is 16.8. The van der Waals surface area contributed by atoms with Gasteiger partial charge in [-0.2, -0.15) is 5.10 Å². The van der Waals surface area contributed by atoms with Crippen LogP contribution in [0.1, 0.15) is 43.4 Å². The highest BCUT2D eigenvalue weighted by atomic mass is 32.1. The lowest BCUT2D eigenvalue weighted by molar-refractivity contribution is -0.0787. The molecule has 0 spiro atoms. The number of hydrogen-bond donors (Lipinski definition) is 1. The van der Waals surface area contributed by atoms with Crippen molar-refractivity contribution < 1.29 is 10.0 Å². The Morgan fingerprint density at radius 2 is 2.21 bits per heavy atom. The van der Waals surface area contributed by atoms with Gasteiger partial charge in [-0.25, -0.2) is 14.8 Å². The van der Waals surface area contributed by atoms with Crippen LogP contribution in [0.15, 0.2) is 41.1 Å². The molecule has 8 heteroatoms. The molecule has 0 saturated carbocycles. The van der Waals surface area contributed by atoms with Crippen LogP contribution in [0.25, 0.3) is 10.2 Å². The summed E-state index contributed by atoms with van der Waals surface area (Å²) in [4.78, 5) is 14.6. The summed E-state index contributed by atoms with van der Waals surface area (Å²) in [6.07, 6.45) is 6.28. The molecule has 1 N–H and O–H groups in total. The van der Waals surface area contributed by atoms with E-state index in [0.29, 0.717) is 5.69 Å². The second-order valence-electron chi connectivity index (χ2n) is 7.25. The molecule has 0 amide bonds. The SMILES string of the molecule is CCCCC(/C=N/N(C)c1ncnc2c(C)csc12)C1ON(O)c2ccccc21. The molecule has 7 nitrogen and oxygen atoms in total. The van der Waals surface area contributed by atoms with Gasteiger partial charge in [0.25, 0.3) is 0 Å². The second kappa shape index (κ2) is 8.44. The van der Waals surface area contributed by atoms with Crippen molar-refractivity contribution in [3.63, 3.8) is 0 Å². The van der Waals surface area contributed by atoms with Crippen LogP contribution in [0, 0.1) is 12.8 Å². The minimum absolute atomic E-state index is 0.0260. The molecule has 4 rings (SSSR count). The third kappa shape index (κ3) is 3.83. The Bertz CT molecular complexity index is 1020. The predicted molar refractivity (Wildman–Crippen MR) is 117 cm³/mol. The maximum absolute atomic E-state index is 10.1. The number of fused-ring (bicyclic) bond motifs is 2. The zero-order chi connectivity index (χ0) is 20.4. The van der Waals surface area contributed by atoms with Crippen LogP contribution >= 0.6 is 11.3 Å². The van der Waals surface area contributed by atoms with E-state index >= 15 is 0 Å². The van der Waals surface area contributed by atoms with Crippen LogP contribution in [0.3, 0.4) is 0 Å². The molecule has 29 heavy (non-hydrogen) atoms. The van der Waals surface area contributed by atoms with Gasteiger partial charge in [-0.3, -0.25) is 10.2 Å². The van der Waals surface area contributed by atoms with Crippen LogP contribution in [-0.4, -0.2) is 28.4 Å². The summed E-state index contributed by atoms with van der Waals surface area (Å²) in [5, 5.41) is 19.6. The fourth-order valence-electron chi connectivity index (χ4n) is 3.60. The summed E-state index contributed by atoms with van der Waals surface area (Å²) in [6, 6.07) is 7.70. The third-order valence-electron chi connectivity index (χ3n) is 5.19. The van der Waals surface area contributed by atoms with Crippen LogP contribution in [0.5, 0.6) is 0 Å². The van der Waals surface area contributed by atoms with E-state index in [1.807, 2.05) is 37.5 Å². The van der Waals surface area contributed by atoms with Gasteiger partial charge in [-0.1, -0.05) is 38.0 Å². The maximum atomic E-state index is 10.1. The van der Waals surface area contributed by atoms with Crippen molar-refractivity contribution in [3.05, 3.63) is 47.1 Å². The number of hydrogen-bond acceptors (Lipinski definition) is 8. The number of hydrazone groups is 1. The number of aryl methyl sites for hydroxylation is 1. The number of nitrogens with zero attached hydrogens (tertiary/aromatic N) is 5. The molecular weight excluding hydrogens is 386 g/mol. The first kappa shape index (κ1) is 19.8. The van der Waals surface area contributed by atoms with Crippen LogP contribution in [0.2, 0.25) is 0 Å². The molecule has 0 radical (unpaired) electrons. The topological polar surface area (TPSA) is 74.1 Å². The van der Waals surface area contributed by atoms with Crippen molar-refractivity contribution in [2.45, 2.75) is 39.2 Å². The number of rotatable bonds is 7. The number of para-hydroxylation sites is 1. The Morgan fingerprint density at radius 3 is 3.03 bits per heavy atom. The van der Waals surface area contributed by atoms with E-state index in [1.54, 1.807) is 22.7 Å². The molecule has 152 valence electrons. The number of thiophene rings is 1. The highest BCUT2D eigenvalue weighted by Gasteiger charge is 2.34. The molecule has 2 aromatic heterocycles. The second-order valence-corrected chi connectivity index (χ2v) is 8.13. The Hall–Kier alpha value is -2.55. The monoisotopic (exact) mass is 411 g/mol. The zero-order valence-corrected chi connectivity index (χ0v) is 17.6. The van der Waals surface area contributed by atoms with Gasteiger partial charge >= 0.3 is 0 Å². The van der Waals surface area contributed by atoms with Gasteiger partial charge in [0.1, 0.15) is 18.1 Å². The largest absolute Gasteiger partial charge is 0.264 e. The summed E-state index contributed by atoms with van der Waals surface area (Å²) in [7, 11) is 1.89. The normalized spacial score (nSPS) is 17.2. The highest BCUT2D eigenvalue weighted by Crippen LogP contribution is 2.41. The summed E-state index contributed by atoms with van der Waals surface area (Å²) in [6.45, 7) is 4.22. The van der Waals surface area contributed by atoms with Crippen molar-refractivity contribution in [2.75, 3.05) is 17.3 Å². The molecule has 1 aromatic carbocycles. The molecule has 0 bridgehead atoms. The fourth-order valence-corrected chi connectivity index (χ4v) is 4.63. The quantitative estimate of drug-likeness (QED) is 0.430. The molecular formula is C21H25N5O2S. The van der Waals surface area contributed by atoms with Gasteiger partial charge in [-0.05, 0) is 30.4 Å². The number of anilines is 2. The molecule has 0 fully saturated rings. The van der Waals surface area contributed by atoms with E-state index in [2.05, 4.69) is 29.2 Å². The summed E-state index contributed by atoms with van der Waals surface area (Å²) < 4.78 is 1.03. The average Bonchev–Trinajstić information content (AvgIpc) is 3.28. The number of unbranched alkanes of at least 4 members (excludes halogenated alkanes) is 1. The lowest BCUT2D eigenvalue weighted by atomic mass is 9.92. The van der Waals surface area contributed by atoms with Crippen molar-refractivity contribution in [1.82, 2.24) is 9.97 Å². The summed E-state index contributed by atoms with van der Waals surface area (Å²) >= 11 is 1.63. The van der Waals surface area contributed by atoms with E-state index in [1.165, 1.54) is 0 Å². The van der Waals surface area contributed by atoms with Crippen molar-refractivity contribution in [3.8, 4) is 0 Å². The lowest BCUT2D eigenvalue weighted by Gasteiger charge is -2.21. The number of benzene rings is 1. The Morgan fingerprint density at radius 1 is 1.38 bits per heavy atom. The molecule has 3 heterocycles. The van der Waals surface area contributed by atoms with E-state index < -0.39 is 0 Å². The van der Waals surface area contributed by atoms with Crippen molar-refractivity contribution in [2.24, 2.45) is 11.0 Å². The summed E-state index contributed by atoms with van der Waals surface area (Å²) in [5.74, 6) is 0.813. The first-order valence-corrected chi connectivity index (χ1v) is 10.7. The van der Waals surface area contributed by atoms with Gasteiger partial charge in [0.05, 0.1) is 10.2 Å². The van der Waals surface area contributed by atoms with E-state index in [-0.39, 0.29) is 12.0 Å². The minimum Gasteiger partial charge on any atom is -0.264 e. The van der Waals surface area contributed by atoms with E-state index in [4.69, 9.17) is 9.94 Å². The molecule has 1 aliphatic heterocycles. The Balaban J connectivity index is 1.60. The average molecular weight is 412 g/mol. The Labute approximate surface area is 174 Å². The molecule has 1 aliphatic rings. The molecule has 0 saturated heterocycles. The van der Waals surface area contributed by atoms with Crippen LogP contribution in [0.4, 0.5) is 11.5 Å². The Kier molecular flexibility index (Phi) is 5.75. The minimum atomic E-state index is -0.269. The van der Waals surface area contributed by atoms with Gasteiger partial charge < -0.3 is 0 Å². The first-order chi connectivity index (χ1) is 14.1. The fraction of sp³-hybridized carbons (Fsp3) is 0.381. The molecule has 2 atom stereocenters. The molecule has 2 unspecified atom stereocenters. The van der Waals surface area contributed by atoms with Gasteiger partial charge in [-0.15, -0.1) is 16.6 Å². The smallest absolute Gasteiger partial charge is 0.169 e.